The van der Waals surface area contributed by atoms with E-state index in [4.69, 9.17) is 5.11 Å². The average Bonchev–Trinajstić information content (AvgIpc) is 2.78. The fourth-order valence-corrected chi connectivity index (χ4v) is 4.56. The molecule has 0 fully saturated rings. The van der Waals surface area contributed by atoms with Crippen LogP contribution in [0.5, 0.6) is 0 Å². The van der Waals surface area contributed by atoms with Crippen molar-refractivity contribution in [3.63, 3.8) is 0 Å². The highest BCUT2D eigenvalue weighted by Gasteiger charge is 2.27. The van der Waals surface area contributed by atoms with E-state index in [0.29, 0.717) is 10.2 Å². The molecule has 7 heteroatoms. The first-order valence-corrected chi connectivity index (χ1v) is 6.85. The van der Waals surface area contributed by atoms with E-state index in [1.165, 1.54) is 11.3 Å². The first-order chi connectivity index (χ1) is 8.08. The molecular formula is C10H8N2O3S2. The lowest BCUT2D eigenvalue weighted by Gasteiger charge is -2.01. The SMILES string of the molecule is CC1SCc2sc3nc(C(=O)O)[nH]c(=O)c3c21. The molecule has 3 rings (SSSR count). The van der Waals surface area contributed by atoms with Gasteiger partial charge < -0.3 is 10.1 Å². The van der Waals surface area contributed by atoms with E-state index in [-0.39, 0.29) is 16.6 Å². The van der Waals surface area contributed by atoms with Gasteiger partial charge in [0.05, 0.1) is 5.39 Å². The number of fused-ring (bicyclic) bond motifs is 3. The topological polar surface area (TPSA) is 83.0 Å². The van der Waals surface area contributed by atoms with E-state index in [0.717, 1.165) is 16.2 Å². The molecule has 17 heavy (non-hydrogen) atoms. The minimum atomic E-state index is -1.21. The number of carboxylic acid groups (broad SMARTS) is 1. The summed E-state index contributed by atoms with van der Waals surface area (Å²) in [5.41, 5.74) is 0.680. The molecule has 2 N–H and O–H groups in total. The second-order valence-electron chi connectivity index (χ2n) is 3.79. The molecule has 0 bridgehead atoms. The number of aromatic nitrogens is 2. The third kappa shape index (κ3) is 1.49. The van der Waals surface area contributed by atoms with Crippen molar-refractivity contribution in [2.75, 3.05) is 0 Å². The molecule has 5 nitrogen and oxygen atoms in total. The summed E-state index contributed by atoms with van der Waals surface area (Å²) in [5.74, 6) is -0.623. The van der Waals surface area contributed by atoms with Crippen molar-refractivity contribution < 1.29 is 9.90 Å². The van der Waals surface area contributed by atoms with Crippen LogP contribution in [0, 0.1) is 0 Å². The van der Waals surface area contributed by atoms with Crippen molar-refractivity contribution in [1.82, 2.24) is 9.97 Å². The van der Waals surface area contributed by atoms with Crippen LogP contribution in [-0.2, 0) is 5.75 Å². The van der Waals surface area contributed by atoms with Gasteiger partial charge in [0.25, 0.3) is 5.56 Å². The largest absolute Gasteiger partial charge is 0.475 e. The third-order valence-corrected chi connectivity index (χ3v) is 5.22. The lowest BCUT2D eigenvalue weighted by atomic mass is 10.1. The smallest absolute Gasteiger partial charge is 0.372 e. The minimum Gasteiger partial charge on any atom is -0.475 e. The van der Waals surface area contributed by atoms with Crippen LogP contribution < -0.4 is 5.56 Å². The number of carboxylic acids is 1. The lowest BCUT2D eigenvalue weighted by Crippen LogP contribution is -2.15. The number of thiophene rings is 1. The van der Waals surface area contributed by atoms with Gasteiger partial charge in [-0.25, -0.2) is 9.78 Å². The summed E-state index contributed by atoms with van der Waals surface area (Å²) in [5, 5.41) is 9.67. The van der Waals surface area contributed by atoms with Crippen LogP contribution in [0.3, 0.4) is 0 Å². The van der Waals surface area contributed by atoms with Crippen LogP contribution in [0.15, 0.2) is 4.79 Å². The normalized spacial score (nSPS) is 18.5. The van der Waals surface area contributed by atoms with Gasteiger partial charge in [-0.1, -0.05) is 0 Å². The molecule has 88 valence electrons. The van der Waals surface area contributed by atoms with E-state index in [2.05, 4.69) is 9.97 Å². The Balaban J connectivity index is 2.38. The molecule has 0 amide bonds. The van der Waals surface area contributed by atoms with Crippen LogP contribution in [-0.4, -0.2) is 21.0 Å². The Bertz CT molecular complexity index is 689. The highest BCUT2D eigenvalue weighted by molar-refractivity contribution is 7.99. The van der Waals surface area contributed by atoms with Crippen LogP contribution >= 0.6 is 23.1 Å². The van der Waals surface area contributed by atoms with E-state index < -0.39 is 5.97 Å². The summed E-state index contributed by atoms with van der Waals surface area (Å²) in [4.78, 5) is 30.7. The predicted molar refractivity (Wildman–Crippen MR) is 66.9 cm³/mol. The number of aromatic amines is 1. The number of H-pyrrole nitrogens is 1. The summed E-state index contributed by atoms with van der Waals surface area (Å²) in [6.07, 6.45) is 0. The van der Waals surface area contributed by atoms with Gasteiger partial charge in [-0.15, -0.1) is 23.1 Å². The van der Waals surface area contributed by atoms with Gasteiger partial charge in [0, 0.05) is 15.9 Å². The summed E-state index contributed by atoms with van der Waals surface area (Å²) < 4.78 is 0. The molecule has 1 unspecified atom stereocenters. The Morgan fingerprint density at radius 1 is 1.59 bits per heavy atom. The summed E-state index contributed by atoms with van der Waals surface area (Å²) in [7, 11) is 0. The number of thioether (sulfide) groups is 1. The van der Waals surface area contributed by atoms with Crippen molar-refractivity contribution >= 4 is 39.3 Å². The highest BCUT2D eigenvalue weighted by atomic mass is 32.2. The van der Waals surface area contributed by atoms with Crippen molar-refractivity contribution in [3.05, 3.63) is 26.6 Å². The maximum Gasteiger partial charge on any atom is 0.372 e. The molecule has 0 aromatic carbocycles. The second-order valence-corrected chi connectivity index (χ2v) is 6.20. The molecule has 0 aliphatic carbocycles. The zero-order chi connectivity index (χ0) is 12.2. The van der Waals surface area contributed by atoms with Gasteiger partial charge in [0.15, 0.2) is 0 Å². The monoisotopic (exact) mass is 268 g/mol. The average molecular weight is 268 g/mol. The summed E-state index contributed by atoms with van der Waals surface area (Å²) >= 11 is 3.20. The summed E-state index contributed by atoms with van der Waals surface area (Å²) in [6.45, 7) is 2.05. The molecule has 0 saturated heterocycles. The Morgan fingerprint density at radius 2 is 2.35 bits per heavy atom. The van der Waals surface area contributed by atoms with Gasteiger partial charge in [0.2, 0.25) is 5.82 Å². The second kappa shape index (κ2) is 3.58. The number of carbonyl (C=O) groups is 1. The van der Waals surface area contributed by atoms with Crippen molar-refractivity contribution in [2.45, 2.75) is 17.9 Å². The minimum absolute atomic E-state index is 0.275. The van der Waals surface area contributed by atoms with Crippen LogP contribution in [0.4, 0.5) is 0 Å². The van der Waals surface area contributed by atoms with Crippen molar-refractivity contribution in [3.8, 4) is 0 Å². The first-order valence-electron chi connectivity index (χ1n) is 4.98. The molecule has 1 aliphatic heterocycles. The molecule has 0 saturated carbocycles. The summed E-state index contributed by atoms with van der Waals surface area (Å²) in [6, 6.07) is 0. The van der Waals surface area contributed by atoms with Gasteiger partial charge in [-0.2, -0.15) is 0 Å². The Morgan fingerprint density at radius 3 is 3.06 bits per heavy atom. The number of hydrogen-bond donors (Lipinski definition) is 2. The predicted octanol–water partition coefficient (Wildman–Crippen LogP) is 1.99. The molecule has 3 heterocycles. The lowest BCUT2D eigenvalue weighted by molar-refractivity contribution is 0.0683. The van der Waals surface area contributed by atoms with E-state index in [1.807, 2.05) is 6.92 Å². The maximum absolute atomic E-state index is 11.9. The van der Waals surface area contributed by atoms with E-state index in [1.54, 1.807) is 11.8 Å². The number of nitrogens with one attached hydrogen (secondary N) is 1. The number of hydrogen-bond acceptors (Lipinski definition) is 5. The third-order valence-electron chi connectivity index (χ3n) is 2.75. The molecular weight excluding hydrogens is 260 g/mol. The van der Waals surface area contributed by atoms with Crippen molar-refractivity contribution in [1.29, 1.82) is 0 Å². The fourth-order valence-electron chi connectivity index (χ4n) is 2.00. The molecule has 0 radical (unpaired) electrons. The number of aromatic carboxylic acids is 1. The standard InChI is InChI=1S/C10H8N2O3S2/c1-3-5-4(2-16-3)17-9-6(5)8(13)11-7(12-9)10(14)15/h3H,2H2,1H3,(H,14,15)(H,11,12,13). The number of rotatable bonds is 1. The Kier molecular flexibility index (Phi) is 2.27. The first kappa shape index (κ1) is 10.8. The van der Waals surface area contributed by atoms with Crippen LogP contribution in [0.25, 0.3) is 10.2 Å². The quantitative estimate of drug-likeness (QED) is 0.826. The zero-order valence-corrected chi connectivity index (χ0v) is 10.4. The van der Waals surface area contributed by atoms with Gasteiger partial charge in [0.1, 0.15) is 4.83 Å². The molecule has 1 aliphatic rings. The maximum atomic E-state index is 11.9. The number of nitrogens with zero attached hydrogens (tertiary/aromatic N) is 1. The van der Waals surface area contributed by atoms with Crippen LogP contribution in [0.2, 0.25) is 0 Å². The van der Waals surface area contributed by atoms with E-state index in [9.17, 15) is 9.59 Å². The molecule has 0 spiro atoms. The van der Waals surface area contributed by atoms with E-state index >= 15 is 0 Å². The zero-order valence-electron chi connectivity index (χ0n) is 8.81. The van der Waals surface area contributed by atoms with Crippen molar-refractivity contribution in [2.24, 2.45) is 0 Å². The Hall–Kier alpha value is -1.34. The van der Waals surface area contributed by atoms with Gasteiger partial charge in [-0.3, -0.25) is 4.79 Å². The fraction of sp³-hybridized carbons (Fsp3) is 0.300. The molecule has 2 aromatic heterocycles. The van der Waals surface area contributed by atoms with Crippen LogP contribution in [0.1, 0.15) is 33.2 Å². The highest BCUT2D eigenvalue weighted by Crippen LogP contribution is 2.47. The molecule has 1 atom stereocenters. The van der Waals surface area contributed by atoms with Gasteiger partial charge >= 0.3 is 5.97 Å². The molecule has 2 aromatic rings. The Labute approximate surface area is 104 Å². The van der Waals surface area contributed by atoms with Gasteiger partial charge in [-0.05, 0) is 12.5 Å².